The van der Waals surface area contributed by atoms with E-state index in [0.29, 0.717) is 5.56 Å². The molecule has 0 saturated heterocycles. The maximum absolute atomic E-state index is 13.1. The van der Waals surface area contributed by atoms with Crippen molar-refractivity contribution in [2.24, 2.45) is 0 Å². The van der Waals surface area contributed by atoms with Gasteiger partial charge in [-0.1, -0.05) is 51.3 Å². The molecule has 0 unspecified atom stereocenters. The number of halogens is 4. The minimum atomic E-state index is -0.804. The fraction of sp³-hybridized carbons (Fsp3) is 0. The highest BCUT2D eigenvalue weighted by atomic mass is 79.9. The maximum atomic E-state index is 13.1. The summed E-state index contributed by atoms with van der Waals surface area (Å²) in [6.07, 6.45) is 0. The van der Waals surface area contributed by atoms with Gasteiger partial charge in [0.1, 0.15) is 0 Å². The van der Waals surface area contributed by atoms with Gasteiger partial charge >= 0.3 is 0 Å². The number of nitrogens with zero attached hydrogens (tertiary/aromatic N) is 2. The van der Waals surface area contributed by atoms with Crippen molar-refractivity contribution in [1.82, 2.24) is 9.97 Å². The monoisotopic (exact) mass is 320 g/mol. The lowest BCUT2D eigenvalue weighted by Crippen LogP contribution is -1.94. The molecule has 16 heavy (non-hydrogen) atoms. The topological polar surface area (TPSA) is 25.8 Å². The van der Waals surface area contributed by atoms with Crippen LogP contribution < -0.4 is 0 Å². The first-order chi connectivity index (χ1) is 7.58. The summed E-state index contributed by atoms with van der Waals surface area (Å²) in [5.41, 5.74) is 0.707. The lowest BCUT2D eigenvalue weighted by Gasteiger charge is -2.03. The van der Waals surface area contributed by atoms with E-state index in [2.05, 4.69) is 25.9 Å². The second-order valence-corrected chi connectivity index (χ2v) is 4.58. The van der Waals surface area contributed by atoms with Crippen LogP contribution >= 0.6 is 39.1 Å². The number of hydrogen-bond acceptors (Lipinski definition) is 2. The fourth-order valence-electron chi connectivity index (χ4n) is 1.15. The van der Waals surface area contributed by atoms with Gasteiger partial charge in [0.25, 0.3) is 0 Å². The Hall–Kier alpha value is -0.710. The Morgan fingerprint density at radius 1 is 1.12 bits per heavy atom. The first-order valence-corrected chi connectivity index (χ1v) is 5.77. The molecule has 2 aromatic rings. The highest BCUT2D eigenvalue weighted by molar-refractivity contribution is 9.10. The molecule has 0 spiro atoms. The van der Waals surface area contributed by atoms with Gasteiger partial charge in [0.15, 0.2) is 21.9 Å². The number of aromatic nitrogens is 2. The van der Waals surface area contributed by atoms with Crippen molar-refractivity contribution in [1.29, 1.82) is 0 Å². The van der Waals surface area contributed by atoms with Crippen molar-refractivity contribution in [2.45, 2.75) is 0 Å². The van der Waals surface area contributed by atoms with Crippen LogP contribution in [-0.4, -0.2) is 9.97 Å². The smallest absolute Gasteiger partial charge is 0.197 e. The predicted octanol–water partition coefficient (Wildman–Crippen LogP) is 4.35. The van der Waals surface area contributed by atoms with Gasteiger partial charge in [0, 0.05) is 10.0 Å². The second kappa shape index (κ2) is 4.65. The first-order valence-electron chi connectivity index (χ1n) is 4.22. The van der Waals surface area contributed by atoms with Crippen molar-refractivity contribution in [3.8, 4) is 11.4 Å². The SMILES string of the molecule is Fc1c(Cl)nc(-c2cccc(Br)c2)nc1Cl. The van der Waals surface area contributed by atoms with Gasteiger partial charge in [-0.05, 0) is 12.1 Å². The molecule has 0 aliphatic carbocycles. The summed E-state index contributed by atoms with van der Waals surface area (Å²) in [7, 11) is 0. The van der Waals surface area contributed by atoms with E-state index < -0.39 is 5.82 Å². The van der Waals surface area contributed by atoms with Crippen LogP contribution in [0.4, 0.5) is 4.39 Å². The molecule has 82 valence electrons. The van der Waals surface area contributed by atoms with E-state index in [1.807, 2.05) is 12.1 Å². The van der Waals surface area contributed by atoms with Gasteiger partial charge in [-0.3, -0.25) is 0 Å². The van der Waals surface area contributed by atoms with E-state index >= 15 is 0 Å². The molecule has 0 atom stereocenters. The van der Waals surface area contributed by atoms with Crippen LogP contribution in [0.3, 0.4) is 0 Å². The lowest BCUT2D eigenvalue weighted by atomic mass is 10.2. The summed E-state index contributed by atoms with van der Waals surface area (Å²) in [5, 5.41) is -0.565. The molecule has 0 N–H and O–H groups in total. The molecule has 1 aromatic carbocycles. The van der Waals surface area contributed by atoms with Crippen LogP contribution in [0.5, 0.6) is 0 Å². The summed E-state index contributed by atoms with van der Waals surface area (Å²) < 4.78 is 14.0. The zero-order valence-corrected chi connectivity index (χ0v) is 10.8. The molecule has 0 aliphatic heterocycles. The van der Waals surface area contributed by atoms with E-state index in [-0.39, 0.29) is 16.1 Å². The molecule has 0 bridgehead atoms. The van der Waals surface area contributed by atoms with E-state index in [9.17, 15) is 4.39 Å². The third-order valence-corrected chi connectivity index (χ3v) is 2.85. The summed E-state index contributed by atoms with van der Waals surface area (Å²) >= 11 is 14.5. The fourth-order valence-corrected chi connectivity index (χ4v) is 1.94. The number of rotatable bonds is 1. The van der Waals surface area contributed by atoms with Crippen LogP contribution in [0.25, 0.3) is 11.4 Å². The van der Waals surface area contributed by atoms with Crippen LogP contribution in [-0.2, 0) is 0 Å². The van der Waals surface area contributed by atoms with Crippen molar-refractivity contribution in [3.05, 3.63) is 44.9 Å². The molecule has 0 fully saturated rings. The van der Waals surface area contributed by atoms with Crippen molar-refractivity contribution in [3.63, 3.8) is 0 Å². The minimum absolute atomic E-state index is 0.282. The zero-order chi connectivity index (χ0) is 11.7. The van der Waals surface area contributed by atoms with Crippen LogP contribution in [0.1, 0.15) is 0 Å². The maximum Gasteiger partial charge on any atom is 0.197 e. The Balaban J connectivity index is 2.57. The minimum Gasteiger partial charge on any atom is -0.213 e. The van der Waals surface area contributed by atoms with Crippen LogP contribution in [0, 0.1) is 5.82 Å². The van der Waals surface area contributed by atoms with Gasteiger partial charge in [0.05, 0.1) is 0 Å². The highest BCUT2D eigenvalue weighted by Gasteiger charge is 2.12. The highest BCUT2D eigenvalue weighted by Crippen LogP contribution is 2.25. The first kappa shape index (κ1) is 11.8. The van der Waals surface area contributed by atoms with E-state index in [1.54, 1.807) is 12.1 Å². The van der Waals surface area contributed by atoms with Crippen LogP contribution in [0.2, 0.25) is 10.3 Å². The average Bonchev–Trinajstić information content (AvgIpc) is 2.25. The normalized spacial score (nSPS) is 10.5. The summed E-state index contributed by atoms with van der Waals surface area (Å²) in [4.78, 5) is 7.64. The molecule has 0 radical (unpaired) electrons. The van der Waals surface area contributed by atoms with Crippen molar-refractivity contribution in [2.75, 3.05) is 0 Å². The molecular weight excluding hydrogens is 318 g/mol. The molecule has 6 heteroatoms. The van der Waals surface area contributed by atoms with Crippen LogP contribution in [0.15, 0.2) is 28.7 Å². The van der Waals surface area contributed by atoms with Gasteiger partial charge in [-0.25, -0.2) is 14.4 Å². The van der Waals surface area contributed by atoms with Gasteiger partial charge in [0.2, 0.25) is 0 Å². The molecule has 1 heterocycles. The summed E-state index contributed by atoms with van der Waals surface area (Å²) in [5.74, 6) is -0.514. The average molecular weight is 322 g/mol. The van der Waals surface area contributed by atoms with Gasteiger partial charge in [-0.15, -0.1) is 0 Å². The van der Waals surface area contributed by atoms with Gasteiger partial charge in [-0.2, -0.15) is 0 Å². The molecule has 0 amide bonds. The third-order valence-electron chi connectivity index (χ3n) is 1.85. The van der Waals surface area contributed by atoms with Crippen molar-refractivity contribution >= 4 is 39.1 Å². The van der Waals surface area contributed by atoms with E-state index in [0.717, 1.165) is 4.47 Å². The number of hydrogen-bond donors (Lipinski definition) is 0. The standard InChI is InChI=1S/C10H4BrCl2FN2/c11-6-3-1-2-5(4-6)10-15-8(12)7(14)9(13)16-10/h1-4H. The van der Waals surface area contributed by atoms with E-state index in [4.69, 9.17) is 23.2 Å². The Morgan fingerprint density at radius 3 is 2.31 bits per heavy atom. The molecule has 0 aliphatic rings. The third kappa shape index (κ3) is 2.34. The van der Waals surface area contributed by atoms with Gasteiger partial charge < -0.3 is 0 Å². The zero-order valence-electron chi connectivity index (χ0n) is 7.72. The van der Waals surface area contributed by atoms with Crippen molar-refractivity contribution < 1.29 is 4.39 Å². The molecule has 0 saturated carbocycles. The molecule has 2 nitrogen and oxygen atoms in total. The Bertz CT molecular complexity index is 525. The van der Waals surface area contributed by atoms with E-state index in [1.165, 1.54) is 0 Å². The molecular formula is C10H4BrCl2FN2. The lowest BCUT2D eigenvalue weighted by molar-refractivity contribution is 0.615. The predicted molar refractivity (Wildman–Crippen MR) is 65.1 cm³/mol. The molecule has 2 rings (SSSR count). The second-order valence-electron chi connectivity index (χ2n) is 2.95. The Kier molecular flexibility index (Phi) is 3.42. The summed E-state index contributed by atoms with van der Waals surface area (Å²) in [6.45, 7) is 0. The molecule has 1 aromatic heterocycles. The largest absolute Gasteiger partial charge is 0.213 e. The Labute approximate surface area is 110 Å². The summed E-state index contributed by atoms with van der Waals surface area (Å²) in [6, 6.07) is 7.24. The number of benzene rings is 1. The quantitative estimate of drug-likeness (QED) is 0.730. The Morgan fingerprint density at radius 2 is 1.75 bits per heavy atom.